The summed E-state index contributed by atoms with van der Waals surface area (Å²) in [6.45, 7) is 5.66. The Hall–Kier alpha value is -1.88. The van der Waals surface area contributed by atoms with Gasteiger partial charge in [-0.3, -0.25) is 14.5 Å². The second-order valence-electron chi connectivity index (χ2n) is 5.31. The molecule has 1 aliphatic rings. The van der Waals surface area contributed by atoms with Crippen LogP contribution in [-0.4, -0.2) is 37.6 Å². The predicted molar refractivity (Wildman–Crippen MR) is 85.8 cm³/mol. The maximum Gasteiger partial charge on any atom is 0.243 e. The lowest BCUT2D eigenvalue weighted by atomic mass is 10.1. The summed E-state index contributed by atoms with van der Waals surface area (Å²) in [6.07, 6.45) is 1.75. The lowest BCUT2D eigenvalue weighted by Gasteiger charge is -2.24. The van der Waals surface area contributed by atoms with Crippen molar-refractivity contribution in [2.24, 2.45) is 0 Å². The van der Waals surface area contributed by atoms with E-state index in [-0.39, 0.29) is 11.8 Å². The van der Waals surface area contributed by atoms with Gasteiger partial charge in [-0.15, -0.1) is 0 Å². The average Bonchev–Trinajstić information content (AvgIpc) is 2.93. The van der Waals surface area contributed by atoms with Crippen molar-refractivity contribution in [2.75, 3.05) is 24.7 Å². The minimum Gasteiger partial charge on any atom is -0.382 e. The third kappa shape index (κ3) is 3.65. The van der Waals surface area contributed by atoms with E-state index in [0.717, 1.165) is 17.7 Å². The van der Waals surface area contributed by atoms with Gasteiger partial charge in [-0.1, -0.05) is 25.1 Å². The molecule has 2 amide bonds. The van der Waals surface area contributed by atoms with Crippen molar-refractivity contribution in [3.63, 3.8) is 0 Å². The number of ether oxygens (including phenoxy) is 1. The second-order valence-corrected chi connectivity index (χ2v) is 5.31. The van der Waals surface area contributed by atoms with E-state index >= 15 is 0 Å². The standard InChI is InChI=1S/C17H24N2O3/c1-3-16(20)19-14-9-6-5-8-13(14)12-15(19)17(21)18-10-7-11-22-4-2/h5-6,8-9,15H,3-4,7,10-12H2,1-2H3,(H,18,21). The van der Waals surface area contributed by atoms with E-state index in [2.05, 4.69) is 5.32 Å². The summed E-state index contributed by atoms with van der Waals surface area (Å²) >= 11 is 0. The highest BCUT2D eigenvalue weighted by atomic mass is 16.5. The smallest absolute Gasteiger partial charge is 0.243 e. The van der Waals surface area contributed by atoms with Crippen LogP contribution in [0.15, 0.2) is 24.3 Å². The van der Waals surface area contributed by atoms with Gasteiger partial charge in [0.2, 0.25) is 11.8 Å². The van der Waals surface area contributed by atoms with Crippen molar-refractivity contribution in [1.29, 1.82) is 0 Å². The molecule has 0 radical (unpaired) electrons. The van der Waals surface area contributed by atoms with Crippen LogP contribution in [-0.2, 0) is 20.7 Å². The molecule has 0 bridgehead atoms. The van der Waals surface area contributed by atoms with Crippen LogP contribution in [0.25, 0.3) is 0 Å². The van der Waals surface area contributed by atoms with Gasteiger partial charge in [0.05, 0.1) is 0 Å². The number of amides is 2. The highest BCUT2D eigenvalue weighted by Crippen LogP contribution is 2.32. The van der Waals surface area contributed by atoms with Crippen LogP contribution in [0.1, 0.15) is 32.3 Å². The maximum absolute atomic E-state index is 12.4. The third-order valence-electron chi connectivity index (χ3n) is 3.82. The Morgan fingerprint density at radius 1 is 1.32 bits per heavy atom. The van der Waals surface area contributed by atoms with Gasteiger partial charge in [0.15, 0.2) is 0 Å². The number of hydrogen-bond acceptors (Lipinski definition) is 3. The van der Waals surface area contributed by atoms with Crippen molar-refractivity contribution in [3.8, 4) is 0 Å². The van der Waals surface area contributed by atoms with Crippen LogP contribution < -0.4 is 10.2 Å². The highest BCUT2D eigenvalue weighted by molar-refractivity contribution is 6.03. The Labute approximate surface area is 131 Å². The zero-order chi connectivity index (χ0) is 15.9. The fourth-order valence-corrected chi connectivity index (χ4v) is 2.72. The molecule has 5 heteroatoms. The van der Waals surface area contributed by atoms with Crippen molar-refractivity contribution < 1.29 is 14.3 Å². The molecule has 0 saturated carbocycles. The van der Waals surface area contributed by atoms with Crippen LogP contribution in [0, 0.1) is 0 Å². The second kappa shape index (κ2) is 7.94. The summed E-state index contributed by atoms with van der Waals surface area (Å²) in [5.74, 6) is -0.103. The summed E-state index contributed by atoms with van der Waals surface area (Å²) in [5, 5.41) is 2.91. The number of rotatable bonds is 7. The Morgan fingerprint density at radius 3 is 2.82 bits per heavy atom. The molecule has 120 valence electrons. The molecule has 1 atom stereocenters. The molecule has 0 saturated heterocycles. The zero-order valence-electron chi connectivity index (χ0n) is 13.3. The van der Waals surface area contributed by atoms with Gasteiger partial charge in [0.25, 0.3) is 0 Å². The van der Waals surface area contributed by atoms with Gasteiger partial charge < -0.3 is 10.1 Å². The van der Waals surface area contributed by atoms with Crippen molar-refractivity contribution in [1.82, 2.24) is 5.32 Å². The number of anilines is 1. The summed E-state index contributed by atoms with van der Waals surface area (Å²) < 4.78 is 5.25. The quantitative estimate of drug-likeness (QED) is 0.783. The number of hydrogen-bond donors (Lipinski definition) is 1. The summed E-state index contributed by atoms with van der Waals surface area (Å²) in [4.78, 5) is 26.3. The molecule has 1 aromatic carbocycles. The first-order valence-electron chi connectivity index (χ1n) is 7.94. The van der Waals surface area contributed by atoms with Crippen LogP contribution in [0.3, 0.4) is 0 Å². The number of nitrogens with zero attached hydrogens (tertiary/aromatic N) is 1. The van der Waals surface area contributed by atoms with E-state index < -0.39 is 6.04 Å². The molecule has 0 fully saturated rings. The number of carbonyl (C=O) groups excluding carboxylic acids is 2. The number of benzene rings is 1. The minimum absolute atomic E-state index is 0.0144. The van der Waals surface area contributed by atoms with E-state index in [1.807, 2.05) is 38.1 Å². The van der Waals surface area contributed by atoms with Gasteiger partial charge >= 0.3 is 0 Å². The lowest BCUT2D eigenvalue weighted by Crippen LogP contribution is -2.48. The van der Waals surface area contributed by atoms with E-state index in [1.165, 1.54) is 0 Å². The summed E-state index contributed by atoms with van der Waals surface area (Å²) in [7, 11) is 0. The van der Waals surface area contributed by atoms with Gasteiger partial charge in [-0.2, -0.15) is 0 Å². The first-order chi connectivity index (χ1) is 10.7. The minimum atomic E-state index is -0.433. The van der Waals surface area contributed by atoms with Crippen molar-refractivity contribution in [3.05, 3.63) is 29.8 Å². The Balaban J connectivity index is 2.00. The molecular formula is C17H24N2O3. The molecule has 22 heavy (non-hydrogen) atoms. The first-order valence-corrected chi connectivity index (χ1v) is 7.94. The van der Waals surface area contributed by atoms with E-state index in [0.29, 0.717) is 32.6 Å². The number of para-hydroxylation sites is 1. The first kappa shape index (κ1) is 16.5. The van der Waals surface area contributed by atoms with Gasteiger partial charge in [0.1, 0.15) is 6.04 Å². The fourth-order valence-electron chi connectivity index (χ4n) is 2.72. The maximum atomic E-state index is 12.4. The number of nitrogens with one attached hydrogen (secondary N) is 1. The van der Waals surface area contributed by atoms with Crippen LogP contribution in [0.4, 0.5) is 5.69 Å². The number of carbonyl (C=O) groups is 2. The van der Waals surface area contributed by atoms with E-state index in [1.54, 1.807) is 4.90 Å². The normalized spacial score (nSPS) is 16.5. The molecule has 2 rings (SSSR count). The summed E-state index contributed by atoms with van der Waals surface area (Å²) in [6, 6.07) is 7.29. The molecule has 0 spiro atoms. The Kier molecular flexibility index (Phi) is 5.95. The molecule has 1 unspecified atom stereocenters. The third-order valence-corrected chi connectivity index (χ3v) is 3.82. The molecule has 0 aromatic heterocycles. The zero-order valence-corrected chi connectivity index (χ0v) is 13.3. The summed E-state index contributed by atoms with van der Waals surface area (Å²) in [5.41, 5.74) is 1.92. The fraction of sp³-hybridized carbons (Fsp3) is 0.529. The largest absolute Gasteiger partial charge is 0.382 e. The SMILES string of the molecule is CCOCCCNC(=O)C1Cc2ccccc2N1C(=O)CC. The molecule has 5 nitrogen and oxygen atoms in total. The topological polar surface area (TPSA) is 58.6 Å². The lowest BCUT2D eigenvalue weighted by molar-refractivity contribution is -0.126. The van der Waals surface area contributed by atoms with E-state index in [9.17, 15) is 9.59 Å². The molecule has 0 aliphatic carbocycles. The predicted octanol–water partition coefficient (Wildman–Crippen LogP) is 1.90. The molecule has 1 aromatic rings. The molecule has 1 aliphatic heterocycles. The highest BCUT2D eigenvalue weighted by Gasteiger charge is 2.37. The molecule has 1 heterocycles. The monoisotopic (exact) mass is 304 g/mol. The van der Waals surface area contributed by atoms with Crippen LogP contribution >= 0.6 is 0 Å². The van der Waals surface area contributed by atoms with Crippen molar-refractivity contribution in [2.45, 2.75) is 39.2 Å². The van der Waals surface area contributed by atoms with Crippen molar-refractivity contribution >= 4 is 17.5 Å². The van der Waals surface area contributed by atoms with Gasteiger partial charge in [-0.05, 0) is 25.0 Å². The Bertz CT molecular complexity index is 530. The Morgan fingerprint density at radius 2 is 2.09 bits per heavy atom. The van der Waals surface area contributed by atoms with E-state index in [4.69, 9.17) is 4.74 Å². The van der Waals surface area contributed by atoms with Crippen LogP contribution in [0.5, 0.6) is 0 Å². The molecule has 1 N–H and O–H groups in total. The van der Waals surface area contributed by atoms with Crippen LogP contribution in [0.2, 0.25) is 0 Å². The van der Waals surface area contributed by atoms with Gasteiger partial charge in [-0.25, -0.2) is 0 Å². The number of fused-ring (bicyclic) bond motifs is 1. The van der Waals surface area contributed by atoms with Gasteiger partial charge in [0, 0.05) is 38.3 Å². The average molecular weight is 304 g/mol. The molecular weight excluding hydrogens is 280 g/mol.